The van der Waals surface area contributed by atoms with Crippen LogP contribution in [-0.4, -0.2) is 37.8 Å². The maximum atomic E-state index is 12.4. The van der Waals surface area contributed by atoms with E-state index in [0.717, 1.165) is 11.1 Å². The van der Waals surface area contributed by atoms with E-state index in [9.17, 15) is 13.2 Å². The summed E-state index contributed by atoms with van der Waals surface area (Å²) in [6, 6.07) is 10.5. The number of hydrogen-bond acceptors (Lipinski definition) is 4. The summed E-state index contributed by atoms with van der Waals surface area (Å²) in [4.78, 5) is 18.0. The van der Waals surface area contributed by atoms with Crippen LogP contribution in [0, 0.1) is 0 Å². The van der Waals surface area contributed by atoms with Crippen LogP contribution in [0.1, 0.15) is 38.3 Å². The third-order valence-electron chi connectivity index (χ3n) is 4.23. The normalized spacial score (nSPS) is 12.0. The Kier molecular flexibility index (Phi) is 6.73. The highest BCUT2D eigenvalue weighted by atomic mass is 32.2. The maximum absolute atomic E-state index is 12.4. The van der Waals surface area contributed by atoms with Crippen molar-refractivity contribution >= 4 is 15.9 Å². The molecule has 0 atom stereocenters. The lowest BCUT2D eigenvalue weighted by molar-refractivity contribution is -0.130. The number of benzene rings is 1. The number of rotatable bonds is 7. The largest absolute Gasteiger partial charge is 0.341 e. The van der Waals surface area contributed by atoms with Crippen LogP contribution in [0.15, 0.2) is 53.7 Å². The van der Waals surface area contributed by atoms with Crippen LogP contribution in [-0.2, 0) is 26.8 Å². The Labute approximate surface area is 161 Å². The fourth-order valence-electron chi connectivity index (χ4n) is 2.55. The summed E-state index contributed by atoms with van der Waals surface area (Å²) in [6.07, 6.45) is 3.47. The molecule has 27 heavy (non-hydrogen) atoms. The Morgan fingerprint density at radius 2 is 1.81 bits per heavy atom. The topological polar surface area (TPSA) is 79.4 Å². The molecule has 146 valence electrons. The summed E-state index contributed by atoms with van der Waals surface area (Å²) in [7, 11) is -1.94. The molecule has 1 amide bonds. The van der Waals surface area contributed by atoms with Gasteiger partial charge < -0.3 is 4.90 Å². The molecular formula is C20H27N3O3S. The van der Waals surface area contributed by atoms with Gasteiger partial charge in [0.2, 0.25) is 15.9 Å². The van der Waals surface area contributed by atoms with E-state index < -0.39 is 10.0 Å². The third kappa shape index (κ3) is 6.15. The van der Waals surface area contributed by atoms with Crippen molar-refractivity contribution in [2.75, 3.05) is 13.6 Å². The van der Waals surface area contributed by atoms with Gasteiger partial charge in [-0.1, -0.05) is 39.0 Å². The predicted molar refractivity (Wildman–Crippen MR) is 106 cm³/mol. The van der Waals surface area contributed by atoms with Crippen molar-refractivity contribution in [3.05, 3.63) is 59.9 Å². The van der Waals surface area contributed by atoms with Crippen LogP contribution in [0.3, 0.4) is 0 Å². The third-order valence-corrected chi connectivity index (χ3v) is 5.71. The quantitative estimate of drug-likeness (QED) is 0.790. The second-order valence-electron chi connectivity index (χ2n) is 7.53. The summed E-state index contributed by atoms with van der Waals surface area (Å²) in [6.45, 7) is 6.71. The molecule has 2 rings (SSSR count). The van der Waals surface area contributed by atoms with E-state index in [4.69, 9.17) is 0 Å². The average molecular weight is 390 g/mol. The van der Waals surface area contributed by atoms with Crippen molar-refractivity contribution in [3.8, 4) is 0 Å². The number of pyridine rings is 1. The van der Waals surface area contributed by atoms with E-state index in [1.807, 2.05) is 24.3 Å². The molecule has 0 aliphatic heterocycles. The van der Waals surface area contributed by atoms with Crippen LogP contribution < -0.4 is 4.72 Å². The molecule has 0 radical (unpaired) electrons. The molecule has 0 saturated heterocycles. The van der Waals surface area contributed by atoms with Crippen LogP contribution in [0.5, 0.6) is 0 Å². The number of sulfonamides is 1. The molecule has 1 N–H and O–H groups in total. The van der Waals surface area contributed by atoms with Crippen LogP contribution in [0.25, 0.3) is 0 Å². The van der Waals surface area contributed by atoms with Gasteiger partial charge in [0.15, 0.2) is 0 Å². The number of amides is 1. The molecule has 0 unspecified atom stereocenters. The Bertz CT molecular complexity index is 858. The standard InChI is InChI=1S/C20H27N3O3S/c1-20(2,3)17-7-9-18(10-8-17)27(25,26)22-13-11-19(24)23(4)15-16-6-5-12-21-14-16/h5-10,12,14,22H,11,13,15H2,1-4H3. The Hall–Kier alpha value is -2.25. The van der Waals surface area contributed by atoms with E-state index in [0.29, 0.717) is 6.54 Å². The van der Waals surface area contributed by atoms with Gasteiger partial charge in [0.05, 0.1) is 4.90 Å². The van der Waals surface area contributed by atoms with E-state index in [-0.39, 0.29) is 29.2 Å². The zero-order valence-electron chi connectivity index (χ0n) is 16.3. The van der Waals surface area contributed by atoms with Crippen molar-refractivity contribution in [3.63, 3.8) is 0 Å². The van der Waals surface area contributed by atoms with Gasteiger partial charge in [-0.3, -0.25) is 9.78 Å². The molecule has 0 aliphatic rings. The summed E-state index contributed by atoms with van der Waals surface area (Å²) in [5, 5.41) is 0. The number of carbonyl (C=O) groups excluding carboxylic acids is 1. The molecule has 0 bridgehead atoms. The average Bonchev–Trinajstić information content (AvgIpc) is 2.61. The van der Waals surface area contributed by atoms with Crippen LogP contribution >= 0.6 is 0 Å². The highest BCUT2D eigenvalue weighted by molar-refractivity contribution is 7.89. The molecule has 0 saturated carbocycles. The smallest absolute Gasteiger partial charge is 0.240 e. The van der Waals surface area contributed by atoms with Gasteiger partial charge in [0.1, 0.15) is 0 Å². The Morgan fingerprint density at radius 3 is 2.37 bits per heavy atom. The monoisotopic (exact) mass is 389 g/mol. The molecule has 0 spiro atoms. The summed E-state index contributed by atoms with van der Waals surface area (Å²) in [5.41, 5.74) is 1.95. The van der Waals surface area contributed by atoms with Gasteiger partial charge in [-0.25, -0.2) is 13.1 Å². The van der Waals surface area contributed by atoms with Crippen molar-refractivity contribution in [1.29, 1.82) is 0 Å². The summed E-state index contributed by atoms with van der Waals surface area (Å²) in [5.74, 6) is -0.135. The molecular weight excluding hydrogens is 362 g/mol. The zero-order valence-corrected chi connectivity index (χ0v) is 17.1. The van der Waals surface area contributed by atoms with Gasteiger partial charge in [-0.05, 0) is 34.7 Å². The highest BCUT2D eigenvalue weighted by Crippen LogP contribution is 2.23. The first-order chi connectivity index (χ1) is 12.6. The minimum absolute atomic E-state index is 0.0407. The highest BCUT2D eigenvalue weighted by Gasteiger charge is 2.18. The zero-order chi connectivity index (χ0) is 20.1. The first-order valence-corrected chi connectivity index (χ1v) is 10.3. The number of hydrogen-bond donors (Lipinski definition) is 1. The maximum Gasteiger partial charge on any atom is 0.240 e. The van der Waals surface area contributed by atoms with Crippen molar-refractivity contribution in [2.45, 2.75) is 44.0 Å². The molecule has 1 heterocycles. The second kappa shape index (κ2) is 8.63. The molecule has 1 aromatic carbocycles. The van der Waals surface area contributed by atoms with Crippen molar-refractivity contribution in [2.24, 2.45) is 0 Å². The lowest BCUT2D eigenvalue weighted by Gasteiger charge is -2.19. The second-order valence-corrected chi connectivity index (χ2v) is 9.30. The summed E-state index contributed by atoms with van der Waals surface area (Å²) >= 11 is 0. The first-order valence-electron chi connectivity index (χ1n) is 8.83. The number of carbonyl (C=O) groups is 1. The summed E-state index contributed by atoms with van der Waals surface area (Å²) < 4.78 is 27.3. The Morgan fingerprint density at radius 1 is 1.15 bits per heavy atom. The molecule has 0 aliphatic carbocycles. The van der Waals surface area contributed by atoms with Crippen molar-refractivity contribution in [1.82, 2.24) is 14.6 Å². The predicted octanol–water partition coefficient (Wildman–Crippen LogP) is 2.71. The minimum atomic E-state index is -3.63. The van der Waals surface area contributed by atoms with E-state index in [1.54, 1.807) is 36.5 Å². The van der Waals surface area contributed by atoms with Gasteiger partial charge >= 0.3 is 0 Å². The van der Waals surface area contributed by atoms with Gasteiger partial charge in [0, 0.05) is 39.0 Å². The van der Waals surface area contributed by atoms with E-state index in [2.05, 4.69) is 30.5 Å². The lowest BCUT2D eigenvalue weighted by atomic mass is 9.87. The molecule has 1 aromatic heterocycles. The fourth-order valence-corrected chi connectivity index (χ4v) is 3.59. The SMILES string of the molecule is CN(Cc1cccnc1)C(=O)CCNS(=O)(=O)c1ccc(C(C)(C)C)cc1. The Balaban J connectivity index is 1.88. The van der Waals surface area contributed by atoms with Crippen LogP contribution in [0.2, 0.25) is 0 Å². The minimum Gasteiger partial charge on any atom is -0.341 e. The molecule has 6 nitrogen and oxygen atoms in total. The van der Waals surface area contributed by atoms with Gasteiger partial charge in [-0.15, -0.1) is 0 Å². The first kappa shape index (κ1) is 21.1. The number of aromatic nitrogens is 1. The van der Waals surface area contributed by atoms with Gasteiger partial charge in [0.25, 0.3) is 0 Å². The van der Waals surface area contributed by atoms with E-state index in [1.165, 1.54) is 0 Å². The van der Waals surface area contributed by atoms with Gasteiger partial charge in [-0.2, -0.15) is 0 Å². The fraction of sp³-hybridized carbons (Fsp3) is 0.400. The number of nitrogens with zero attached hydrogens (tertiary/aromatic N) is 2. The van der Waals surface area contributed by atoms with Crippen LogP contribution in [0.4, 0.5) is 0 Å². The van der Waals surface area contributed by atoms with E-state index >= 15 is 0 Å². The molecule has 0 fully saturated rings. The molecule has 7 heteroatoms. The van der Waals surface area contributed by atoms with Crippen molar-refractivity contribution < 1.29 is 13.2 Å². The number of nitrogens with one attached hydrogen (secondary N) is 1. The molecule has 2 aromatic rings. The lowest BCUT2D eigenvalue weighted by Crippen LogP contribution is -2.32.